The average Bonchev–Trinajstić information content (AvgIpc) is 2.74. The number of amides is 2. The Morgan fingerprint density at radius 1 is 1.15 bits per heavy atom. The van der Waals surface area contributed by atoms with Crippen LogP contribution in [-0.2, 0) is 16.1 Å². The lowest BCUT2D eigenvalue weighted by atomic mass is 10.1. The number of benzene rings is 2. The average molecular weight is 494 g/mol. The highest BCUT2D eigenvalue weighted by Crippen LogP contribution is 2.27. The van der Waals surface area contributed by atoms with Crippen LogP contribution in [0.3, 0.4) is 0 Å². The number of nitrogens with zero attached hydrogens (tertiary/aromatic N) is 3. The molecule has 1 heterocycles. The molecule has 2 amide bonds. The number of halogens is 3. The van der Waals surface area contributed by atoms with Gasteiger partial charge in [0.1, 0.15) is 23.3 Å². The number of hydrogen-bond acceptors (Lipinski definition) is 4. The number of carbonyl (C=O) groups is 2. The van der Waals surface area contributed by atoms with Crippen LogP contribution in [0.5, 0.6) is 0 Å². The van der Waals surface area contributed by atoms with Crippen molar-refractivity contribution in [1.29, 1.82) is 0 Å². The molecule has 0 spiro atoms. The van der Waals surface area contributed by atoms with Gasteiger partial charge in [0.2, 0.25) is 5.91 Å². The summed E-state index contributed by atoms with van der Waals surface area (Å²) in [5.74, 6) is -1.13. The number of ether oxygens (including phenoxy) is 1. The molecule has 34 heavy (non-hydrogen) atoms. The lowest BCUT2D eigenvalue weighted by Crippen LogP contribution is -2.61. The van der Waals surface area contributed by atoms with E-state index in [1.165, 1.54) is 34.1 Å². The fourth-order valence-corrected chi connectivity index (χ4v) is 4.16. The van der Waals surface area contributed by atoms with E-state index >= 15 is 0 Å². The first-order valence-corrected chi connectivity index (χ1v) is 11.4. The van der Waals surface area contributed by atoms with Crippen LogP contribution in [0.1, 0.15) is 31.9 Å². The van der Waals surface area contributed by atoms with Gasteiger partial charge in [-0.3, -0.25) is 4.79 Å². The van der Waals surface area contributed by atoms with E-state index in [9.17, 15) is 18.4 Å². The standard InChI is InChI=1S/C25H30ClF2N3O3/c1-16-12-18(27)7-9-21(16)31-11-10-30(24(33)34-25(2,3)4)15-22(31)23(32)29(5)14-17-6-8-20(28)19(26)13-17/h6-9,12-13,22H,10-11,14-15H2,1-5H3. The number of piperazine rings is 1. The van der Waals surface area contributed by atoms with Crippen LogP contribution in [0.4, 0.5) is 19.3 Å². The van der Waals surface area contributed by atoms with E-state index in [0.29, 0.717) is 24.2 Å². The molecule has 0 aromatic heterocycles. The van der Waals surface area contributed by atoms with Gasteiger partial charge in [-0.2, -0.15) is 0 Å². The summed E-state index contributed by atoms with van der Waals surface area (Å²) in [5.41, 5.74) is 1.42. The first-order chi connectivity index (χ1) is 15.9. The van der Waals surface area contributed by atoms with Crippen molar-refractivity contribution in [2.75, 3.05) is 31.6 Å². The van der Waals surface area contributed by atoms with E-state index in [-0.39, 0.29) is 29.8 Å². The maximum Gasteiger partial charge on any atom is 0.410 e. The van der Waals surface area contributed by atoms with Gasteiger partial charge in [0, 0.05) is 32.4 Å². The minimum absolute atomic E-state index is 0.0179. The topological polar surface area (TPSA) is 53.1 Å². The van der Waals surface area contributed by atoms with Crippen molar-refractivity contribution in [3.8, 4) is 0 Å². The summed E-state index contributed by atoms with van der Waals surface area (Å²) >= 11 is 5.89. The monoisotopic (exact) mass is 493 g/mol. The minimum atomic E-state index is -0.716. The fourth-order valence-electron chi connectivity index (χ4n) is 3.96. The maximum atomic E-state index is 13.7. The van der Waals surface area contributed by atoms with Crippen LogP contribution in [0, 0.1) is 18.6 Å². The molecule has 1 atom stereocenters. The van der Waals surface area contributed by atoms with Crippen molar-refractivity contribution in [2.24, 2.45) is 0 Å². The quantitative estimate of drug-likeness (QED) is 0.600. The molecule has 2 aromatic carbocycles. The van der Waals surface area contributed by atoms with Gasteiger partial charge in [-0.15, -0.1) is 0 Å². The Labute approximate surface area is 204 Å². The molecule has 0 radical (unpaired) electrons. The number of likely N-dealkylation sites (N-methyl/N-ethyl adjacent to an activating group) is 1. The maximum absolute atomic E-state index is 13.7. The number of aryl methyl sites for hydroxylation is 1. The zero-order valence-electron chi connectivity index (χ0n) is 20.1. The van der Waals surface area contributed by atoms with E-state index in [1.807, 2.05) is 4.90 Å². The summed E-state index contributed by atoms with van der Waals surface area (Å²) in [6.45, 7) is 8.18. The highest BCUT2D eigenvalue weighted by Gasteiger charge is 2.38. The first-order valence-electron chi connectivity index (χ1n) is 11.1. The highest BCUT2D eigenvalue weighted by molar-refractivity contribution is 6.30. The third-order valence-electron chi connectivity index (χ3n) is 5.57. The number of hydrogen-bond donors (Lipinski definition) is 0. The van der Waals surface area contributed by atoms with Crippen molar-refractivity contribution in [3.63, 3.8) is 0 Å². The minimum Gasteiger partial charge on any atom is -0.444 e. The molecular weight excluding hydrogens is 464 g/mol. The van der Waals surface area contributed by atoms with Crippen LogP contribution in [0.25, 0.3) is 0 Å². The molecule has 9 heteroatoms. The summed E-state index contributed by atoms with van der Waals surface area (Å²) in [7, 11) is 1.64. The van der Waals surface area contributed by atoms with E-state index < -0.39 is 23.6 Å². The van der Waals surface area contributed by atoms with Crippen molar-refractivity contribution >= 4 is 29.3 Å². The molecule has 1 aliphatic rings. The molecule has 0 bridgehead atoms. The Morgan fingerprint density at radius 3 is 2.47 bits per heavy atom. The molecule has 184 valence electrons. The smallest absolute Gasteiger partial charge is 0.410 e. The lowest BCUT2D eigenvalue weighted by molar-refractivity contribution is -0.132. The largest absolute Gasteiger partial charge is 0.444 e. The summed E-state index contributed by atoms with van der Waals surface area (Å²) in [6, 6.07) is 8.02. The van der Waals surface area contributed by atoms with E-state index in [0.717, 1.165) is 5.69 Å². The summed E-state index contributed by atoms with van der Waals surface area (Å²) in [5, 5.41) is -0.0179. The predicted octanol–water partition coefficient (Wildman–Crippen LogP) is 5.01. The number of rotatable bonds is 4. The first kappa shape index (κ1) is 25.7. The van der Waals surface area contributed by atoms with Crippen molar-refractivity contribution in [2.45, 2.75) is 45.9 Å². The molecule has 2 aromatic rings. The Morgan fingerprint density at radius 2 is 1.85 bits per heavy atom. The molecule has 3 rings (SSSR count). The third-order valence-corrected chi connectivity index (χ3v) is 5.86. The van der Waals surface area contributed by atoms with Gasteiger partial charge in [0.15, 0.2) is 0 Å². The van der Waals surface area contributed by atoms with Gasteiger partial charge in [-0.1, -0.05) is 17.7 Å². The molecule has 0 saturated carbocycles. The molecule has 1 saturated heterocycles. The highest BCUT2D eigenvalue weighted by atomic mass is 35.5. The second kappa shape index (κ2) is 10.2. The van der Waals surface area contributed by atoms with E-state index in [1.54, 1.807) is 46.9 Å². The molecular formula is C25H30ClF2N3O3. The van der Waals surface area contributed by atoms with Gasteiger partial charge in [-0.05, 0) is 69.2 Å². The van der Waals surface area contributed by atoms with Crippen LogP contribution in [0.15, 0.2) is 36.4 Å². The van der Waals surface area contributed by atoms with Gasteiger partial charge in [0.25, 0.3) is 0 Å². The van der Waals surface area contributed by atoms with Gasteiger partial charge in [-0.25, -0.2) is 13.6 Å². The van der Waals surface area contributed by atoms with Crippen LogP contribution in [0.2, 0.25) is 5.02 Å². The van der Waals surface area contributed by atoms with Gasteiger partial charge < -0.3 is 19.4 Å². The second-order valence-electron chi connectivity index (χ2n) is 9.51. The van der Waals surface area contributed by atoms with Gasteiger partial charge >= 0.3 is 6.09 Å². The van der Waals surface area contributed by atoms with Gasteiger partial charge in [0.05, 0.1) is 11.6 Å². The molecule has 1 aliphatic heterocycles. The van der Waals surface area contributed by atoms with Crippen molar-refractivity contribution in [1.82, 2.24) is 9.80 Å². The van der Waals surface area contributed by atoms with E-state index in [2.05, 4.69) is 0 Å². The lowest BCUT2D eigenvalue weighted by Gasteiger charge is -2.43. The Kier molecular flexibility index (Phi) is 7.70. The molecule has 6 nitrogen and oxygen atoms in total. The van der Waals surface area contributed by atoms with Crippen molar-refractivity contribution in [3.05, 3.63) is 64.2 Å². The molecule has 0 aliphatic carbocycles. The SMILES string of the molecule is Cc1cc(F)ccc1N1CCN(C(=O)OC(C)(C)C)CC1C(=O)N(C)Cc1ccc(F)c(Cl)c1. The third kappa shape index (κ3) is 6.17. The van der Waals surface area contributed by atoms with Crippen LogP contribution < -0.4 is 4.90 Å². The fraction of sp³-hybridized carbons (Fsp3) is 0.440. The number of carbonyl (C=O) groups excluding carboxylic acids is 2. The molecule has 1 unspecified atom stereocenters. The summed E-state index contributed by atoms with van der Waals surface area (Å²) < 4.78 is 32.8. The zero-order valence-corrected chi connectivity index (χ0v) is 20.8. The Hall–Kier alpha value is -2.87. The number of anilines is 1. The Bertz CT molecular complexity index is 1070. The summed E-state index contributed by atoms with van der Waals surface area (Å²) in [6.07, 6.45) is -0.492. The van der Waals surface area contributed by atoms with Crippen LogP contribution >= 0.6 is 11.6 Å². The zero-order chi connectivity index (χ0) is 25.2. The normalized spacial score (nSPS) is 16.4. The molecule has 0 N–H and O–H groups in total. The Balaban J connectivity index is 1.87. The van der Waals surface area contributed by atoms with Crippen LogP contribution in [-0.4, -0.2) is 60.1 Å². The second-order valence-corrected chi connectivity index (χ2v) is 9.92. The van der Waals surface area contributed by atoms with E-state index in [4.69, 9.17) is 16.3 Å². The predicted molar refractivity (Wildman–Crippen MR) is 128 cm³/mol. The molecule has 1 fully saturated rings. The van der Waals surface area contributed by atoms with Crippen molar-refractivity contribution < 1.29 is 23.1 Å². The summed E-state index contributed by atoms with van der Waals surface area (Å²) in [4.78, 5) is 31.2.